The van der Waals surface area contributed by atoms with E-state index < -0.39 is 0 Å². The van der Waals surface area contributed by atoms with Gasteiger partial charge in [-0.1, -0.05) is 30.3 Å². The average Bonchev–Trinajstić information content (AvgIpc) is 2.35. The average molecular weight is 231 g/mol. The lowest BCUT2D eigenvalue weighted by Gasteiger charge is -2.11. The number of nitrogens with two attached hydrogens (primary N) is 1. The number of benzene rings is 2. The Morgan fingerprint density at radius 3 is 2.53 bits per heavy atom. The zero-order valence-corrected chi connectivity index (χ0v) is 9.61. The minimum Gasteiger partial charge on any atom is -0.485 e. The highest BCUT2D eigenvalue weighted by molar-refractivity contribution is 5.53. The Morgan fingerprint density at radius 2 is 1.82 bits per heavy atom. The van der Waals surface area contributed by atoms with Gasteiger partial charge in [0.15, 0.2) is 11.6 Å². The zero-order chi connectivity index (χ0) is 12.3. The SMILES string of the molecule is Cc1c(N)ccc(F)c1OCc1ccccc1. The molecule has 0 aromatic heterocycles. The molecule has 0 aliphatic carbocycles. The van der Waals surface area contributed by atoms with Crippen LogP contribution in [0.4, 0.5) is 10.1 Å². The lowest BCUT2D eigenvalue weighted by atomic mass is 10.1. The van der Waals surface area contributed by atoms with Crippen LogP contribution in [0.5, 0.6) is 5.75 Å². The molecule has 0 aliphatic rings. The van der Waals surface area contributed by atoms with Gasteiger partial charge in [-0.15, -0.1) is 0 Å². The molecule has 0 heterocycles. The van der Waals surface area contributed by atoms with E-state index in [1.54, 1.807) is 13.0 Å². The first kappa shape index (κ1) is 11.5. The second-order valence-corrected chi connectivity index (χ2v) is 3.87. The molecule has 0 fully saturated rings. The third kappa shape index (κ3) is 2.56. The minimum atomic E-state index is -0.382. The predicted octanol–water partition coefficient (Wildman–Crippen LogP) is 3.30. The van der Waals surface area contributed by atoms with Crippen LogP contribution in [0.25, 0.3) is 0 Å². The van der Waals surface area contributed by atoms with E-state index in [-0.39, 0.29) is 11.6 Å². The first-order valence-electron chi connectivity index (χ1n) is 5.40. The van der Waals surface area contributed by atoms with Crippen molar-refractivity contribution in [1.29, 1.82) is 0 Å². The topological polar surface area (TPSA) is 35.2 Å². The summed E-state index contributed by atoms with van der Waals surface area (Å²) in [5.41, 5.74) is 7.88. The Bertz CT molecular complexity index is 511. The number of anilines is 1. The van der Waals surface area contributed by atoms with Crippen LogP contribution in [0.2, 0.25) is 0 Å². The molecule has 0 amide bonds. The lowest BCUT2D eigenvalue weighted by Crippen LogP contribution is -2.01. The van der Waals surface area contributed by atoms with Gasteiger partial charge >= 0.3 is 0 Å². The van der Waals surface area contributed by atoms with Gasteiger partial charge < -0.3 is 10.5 Å². The van der Waals surface area contributed by atoms with Crippen molar-refractivity contribution >= 4 is 5.69 Å². The third-order valence-corrected chi connectivity index (χ3v) is 2.63. The number of nitrogen functional groups attached to an aromatic ring is 1. The molecule has 0 atom stereocenters. The normalized spacial score (nSPS) is 10.2. The molecule has 2 aromatic carbocycles. The summed E-state index contributed by atoms with van der Waals surface area (Å²) in [6, 6.07) is 12.5. The molecule has 88 valence electrons. The van der Waals surface area contributed by atoms with Gasteiger partial charge in [-0.2, -0.15) is 0 Å². The molecule has 2 rings (SSSR count). The van der Waals surface area contributed by atoms with Crippen LogP contribution in [0, 0.1) is 12.7 Å². The Labute approximate surface area is 99.8 Å². The minimum absolute atomic E-state index is 0.230. The fourth-order valence-electron chi connectivity index (χ4n) is 1.58. The van der Waals surface area contributed by atoms with Crippen molar-refractivity contribution in [3.63, 3.8) is 0 Å². The summed E-state index contributed by atoms with van der Waals surface area (Å²) in [6.45, 7) is 2.08. The summed E-state index contributed by atoms with van der Waals surface area (Å²) < 4.78 is 19.0. The summed E-state index contributed by atoms with van der Waals surface area (Å²) in [5.74, 6) is -0.151. The predicted molar refractivity (Wildman–Crippen MR) is 66.3 cm³/mol. The van der Waals surface area contributed by atoms with Crippen LogP contribution < -0.4 is 10.5 Å². The summed E-state index contributed by atoms with van der Waals surface area (Å²) >= 11 is 0. The second-order valence-electron chi connectivity index (χ2n) is 3.87. The van der Waals surface area contributed by atoms with Gasteiger partial charge in [0.25, 0.3) is 0 Å². The molecule has 0 saturated carbocycles. The fourth-order valence-corrected chi connectivity index (χ4v) is 1.58. The van der Waals surface area contributed by atoms with Gasteiger partial charge in [-0.25, -0.2) is 4.39 Å². The molecular weight excluding hydrogens is 217 g/mol. The maximum Gasteiger partial charge on any atom is 0.165 e. The third-order valence-electron chi connectivity index (χ3n) is 2.63. The van der Waals surface area contributed by atoms with Crippen molar-refractivity contribution in [2.24, 2.45) is 0 Å². The molecule has 0 radical (unpaired) electrons. The Balaban J connectivity index is 2.17. The van der Waals surface area contributed by atoms with Gasteiger partial charge in [0.2, 0.25) is 0 Å². The molecule has 0 saturated heterocycles. The van der Waals surface area contributed by atoms with Crippen LogP contribution in [-0.2, 0) is 6.61 Å². The van der Waals surface area contributed by atoms with Gasteiger partial charge in [0.05, 0.1) is 0 Å². The van der Waals surface area contributed by atoms with Gasteiger partial charge in [-0.05, 0) is 24.6 Å². The first-order valence-corrected chi connectivity index (χ1v) is 5.40. The lowest BCUT2D eigenvalue weighted by molar-refractivity contribution is 0.288. The highest BCUT2D eigenvalue weighted by Crippen LogP contribution is 2.27. The molecular formula is C14H14FNO. The van der Waals surface area contributed by atoms with E-state index in [4.69, 9.17) is 10.5 Å². The smallest absolute Gasteiger partial charge is 0.165 e. The maximum atomic E-state index is 13.6. The second kappa shape index (κ2) is 4.87. The number of ether oxygens (including phenoxy) is 1. The molecule has 2 nitrogen and oxygen atoms in total. The molecule has 0 aliphatic heterocycles. The van der Waals surface area contributed by atoms with Gasteiger partial charge in [0.1, 0.15) is 6.61 Å². The van der Waals surface area contributed by atoms with Crippen molar-refractivity contribution in [3.8, 4) is 5.75 Å². The summed E-state index contributed by atoms with van der Waals surface area (Å²) in [4.78, 5) is 0. The number of rotatable bonds is 3. The maximum absolute atomic E-state index is 13.6. The van der Waals surface area contributed by atoms with Crippen molar-refractivity contribution in [2.75, 3.05) is 5.73 Å². The summed E-state index contributed by atoms with van der Waals surface area (Å²) in [5, 5.41) is 0. The zero-order valence-electron chi connectivity index (χ0n) is 9.61. The molecule has 0 unspecified atom stereocenters. The van der Waals surface area contributed by atoms with E-state index in [2.05, 4.69) is 0 Å². The van der Waals surface area contributed by atoms with E-state index >= 15 is 0 Å². The summed E-state index contributed by atoms with van der Waals surface area (Å²) in [7, 11) is 0. The van der Waals surface area contributed by atoms with Gasteiger partial charge in [0, 0.05) is 11.3 Å². The quantitative estimate of drug-likeness (QED) is 0.822. The van der Waals surface area contributed by atoms with Crippen LogP contribution in [0.3, 0.4) is 0 Å². The van der Waals surface area contributed by atoms with Crippen molar-refractivity contribution in [3.05, 3.63) is 59.4 Å². The van der Waals surface area contributed by atoms with E-state index in [0.29, 0.717) is 17.9 Å². The van der Waals surface area contributed by atoms with Crippen molar-refractivity contribution in [2.45, 2.75) is 13.5 Å². The number of halogens is 1. The van der Waals surface area contributed by atoms with Crippen LogP contribution in [0.15, 0.2) is 42.5 Å². The molecule has 3 heteroatoms. The van der Waals surface area contributed by atoms with Crippen molar-refractivity contribution < 1.29 is 9.13 Å². The fraction of sp³-hybridized carbons (Fsp3) is 0.143. The molecule has 2 aromatic rings. The molecule has 0 bridgehead atoms. The molecule has 0 spiro atoms. The monoisotopic (exact) mass is 231 g/mol. The highest BCUT2D eigenvalue weighted by Gasteiger charge is 2.09. The van der Waals surface area contributed by atoms with Crippen LogP contribution in [-0.4, -0.2) is 0 Å². The van der Waals surface area contributed by atoms with E-state index in [1.165, 1.54) is 6.07 Å². The highest BCUT2D eigenvalue weighted by atomic mass is 19.1. The standard InChI is InChI=1S/C14H14FNO/c1-10-13(16)8-7-12(15)14(10)17-9-11-5-3-2-4-6-11/h2-8H,9,16H2,1H3. The number of hydrogen-bond acceptors (Lipinski definition) is 2. The Kier molecular flexibility index (Phi) is 3.28. The first-order chi connectivity index (χ1) is 8.18. The van der Waals surface area contributed by atoms with E-state index in [9.17, 15) is 4.39 Å². The van der Waals surface area contributed by atoms with Crippen LogP contribution in [0.1, 0.15) is 11.1 Å². The summed E-state index contributed by atoms with van der Waals surface area (Å²) in [6.07, 6.45) is 0. The Hall–Kier alpha value is -2.03. The molecule has 2 N–H and O–H groups in total. The van der Waals surface area contributed by atoms with E-state index in [0.717, 1.165) is 5.56 Å². The Morgan fingerprint density at radius 1 is 1.12 bits per heavy atom. The number of hydrogen-bond donors (Lipinski definition) is 1. The van der Waals surface area contributed by atoms with E-state index in [1.807, 2.05) is 30.3 Å². The van der Waals surface area contributed by atoms with Crippen molar-refractivity contribution in [1.82, 2.24) is 0 Å². The molecule has 17 heavy (non-hydrogen) atoms. The largest absolute Gasteiger partial charge is 0.485 e. The van der Waals surface area contributed by atoms with Crippen LogP contribution >= 0.6 is 0 Å². The van der Waals surface area contributed by atoms with Gasteiger partial charge in [-0.3, -0.25) is 0 Å².